The van der Waals surface area contributed by atoms with Crippen LogP contribution in [0.25, 0.3) is 0 Å². The number of hydrogen-bond donors (Lipinski definition) is 1. The number of nitrogens with zero attached hydrogens (tertiary/aromatic N) is 1. The van der Waals surface area contributed by atoms with Gasteiger partial charge in [-0.3, -0.25) is 9.52 Å². The molecule has 0 aliphatic carbocycles. The Hall–Kier alpha value is -2.34. The first-order valence-electron chi connectivity index (χ1n) is 9.35. The van der Waals surface area contributed by atoms with E-state index < -0.39 is 10.0 Å². The molecule has 1 amide bonds. The van der Waals surface area contributed by atoms with Crippen LogP contribution in [0.5, 0.6) is 0 Å². The van der Waals surface area contributed by atoms with Crippen LogP contribution in [-0.4, -0.2) is 20.9 Å². The third-order valence-corrected chi connectivity index (χ3v) is 6.43. The lowest BCUT2D eigenvalue weighted by molar-refractivity contribution is -0.118. The van der Waals surface area contributed by atoms with E-state index in [0.717, 1.165) is 35.2 Å². The van der Waals surface area contributed by atoms with Crippen LogP contribution in [-0.2, 0) is 21.2 Å². The van der Waals surface area contributed by atoms with E-state index in [-0.39, 0.29) is 10.8 Å². The molecule has 1 heterocycles. The monoisotopic (exact) mass is 386 g/mol. The first-order chi connectivity index (χ1) is 12.8. The van der Waals surface area contributed by atoms with Crippen molar-refractivity contribution in [2.75, 3.05) is 16.2 Å². The molecule has 2 aromatic rings. The predicted molar refractivity (Wildman–Crippen MR) is 109 cm³/mol. The number of amides is 1. The first kappa shape index (κ1) is 19.4. The molecule has 0 unspecified atom stereocenters. The summed E-state index contributed by atoms with van der Waals surface area (Å²) in [4.78, 5) is 14.3. The van der Waals surface area contributed by atoms with Gasteiger partial charge in [-0.25, -0.2) is 8.42 Å². The number of nitrogens with one attached hydrogen (secondary N) is 1. The highest BCUT2D eigenvalue weighted by molar-refractivity contribution is 7.92. The van der Waals surface area contributed by atoms with E-state index in [1.54, 1.807) is 25.1 Å². The Bertz CT molecular complexity index is 967. The molecule has 5 nitrogen and oxygen atoms in total. The van der Waals surface area contributed by atoms with Gasteiger partial charge in [0.25, 0.3) is 10.0 Å². The van der Waals surface area contributed by atoms with Gasteiger partial charge in [-0.05, 0) is 62.1 Å². The number of anilines is 2. The summed E-state index contributed by atoms with van der Waals surface area (Å²) in [6, 6.07) is 10.7. The van der Waals surface area contributed by atoms with Crippen molar-refractivity contribution in [3.8, 4) is 0 Å². The topological polar surface area (TPSA) is 66.5 Å². The Kier molecular flexibility index (Phi) is 5.56. The average Bonchev–Trinajstić information content (AvgIpc) is 2.60. The molecule has 0 radical (unpaired) electrons. The number of sulfonamides is 1. The molecule has 0 saturated carbocycles. The second-order valence-corrected chi connectivity index (χ2v) is 8.77. The van der Waals surface area contributed by atoms with Crippen molar-refractivity contribution in [1.29, 1.82) is 0 Å². The summed E-state index contributed by atoms with van der Waals surface area (Å²) < 4.78 is 28.3. The quantitative estimate of drug-likeness (QED) is 0.810. The maximum Gasteiger partial charge on any atom is 0.262 e. The highest BCUT2D eigenvalue weighted by atomic mass is 32.2. The van der Waals surface area contributed by atoms with E-state index in [4.69, 9.17) is 0 Å². The minimum Gasteiger partial charge on any atom is -0.312 e. The fraction of sp³-hybridized carbons (Fsp3) is 0.381. The Balaban J connectivity index is 1.88. The van der Waals surface area contributed by atoms with E-state index in [1.165, 1.54) is 0 Å². The van der Waals surface area contributed by atoms with Gasteiger partial charge in [0.15, 0.2) is 0 Å². The molecule has 6 heteroatoms. The van der Waals surface area contributed by atoms with Gasteiger partial charge in [-0.15, -0.1) is 0 Å². The number of rotatable bonds is 6. The van der Waals surface area contributed by atoms with E-state index in [1.807, 2.05) is 30.0 Å². The largest absolute Gasteiger partial charge is 0.312 e. The molecule has 1 N–H and O–H groups in total. The normalized spacial score (nSPS) is 14.2. The molecular formula is C21H26N2O3S. The van der Waals surface area contributed by atoms with Crippen molar-refractivity contribution < 1.29 is 13.2 Å². The second kappa shape index (κ2) is 7.72. The Labute approximate surface area is 161 Å². The molecule has 1 aliphatic rings. The zero-order valence-corrected chi connectivity index (χ0v) is 16.9. The average molecular weight is 387 g/mol. The van der Waals surface area contributed by atoms with Crippen LogP contribution in [0.1, 0.15) is 42.9 Å². The molecule has 0 spiro atoms. The van der Waals surface area contributed by atoms with Gasteiger partial charge in [-0.2, -0.15) is 0 Å². The van der Waals surface area contributed by atoms with Crippen LogP contribution < -0.4 is 9.62 Å². The predicted octanol–water partition coefficient (Wildman–Crippen LogP) is 4.18. The minimum absolute atomic E-state index is 0.138. The summed E-state index contributed by atoms with van der Waals surface area (Å²) in [6.45, 7) is 6.54. The summed E-state index contributed by atoms with van der Waals surface area (Å²) in [6.07, 6.45) is 3.07. The number of aryl methyl sites for hydroxylation is 3. The van der Waals surface area contributed by atoms with Crippen LogP contribution in [0, 0.1) is 13.8 Å². The zero-order chi connectivity index (χ0) is 19.6. The molecule has 0 atom stereocenters. The molecule has 3 rings (SSSR count). The number of fused-ring (bicyclic) bond motifs is 1. The van der Waals surface area contributed by atoms with Crippen molar-refractivity contribution in [3.05, 3.63) is 53.1 Å². The van der Waals surface area contributed by atoms with Crippen molar-refractivity contribution in [3.63, 3.8) is 0 Å². The van der Waals surface area contributed by atoms with E-state index in [2.05, 4.69) is 11.6 Å². The van der Waals surface area contributed by atoms with Crippen LogP contribution >= 0.6 is 0 Å². The van der Waals surface area contributed by atoms with Gasteiger partial charge in [-0.1, -0.05) is 31.0 Å². The molecule has 0 aromatic heterocycles. The zero-order valence-electron chi connectivity index (χ0n) is 16.1. The van der Waals surface area contributed by atoms with Crippen molar-refractivity contribution in [1.82, 2.24) is 0 Å². The van der Waals surface area contributed by atoms with E-state index in [0.29, 0.717) is 25.1 Å². The molecule has 0 bridgehead atoms. The third kappa shape index (κ3) is 4.16. The van der Waals surface area contributed by atoms with Crippen molar-refractivity contribution in [2.24, 2.45) is 0 Å². The van der Waals surface area contributed by atoms with Crippen LogP contribution in [0.3, 0.4) is 0 Å². The summed E-state index contributed by atoms with van der Waals surface area (Å²) >= 11 is 0. The lowest BCUT2D eigenvalue weighted by atomic mass is 10.00. The highest BCUT2D eigenvalue weighted by Gasteiger charge is 2.24. The summed E-state index contributed by atoms with van der Waals surface area (Å²) in [5, 5.41) is 0. The third-order valence-electron chi connectivity index (χ3n) is 4.89. The standard InChI is InChI=1S/C21H26N2O3S/c1-4-5-12-23-19-9-8-18(14-17(19)7-11-21(23)24)22-27(25,26)20-10-6-15(2)13-16(20)3/h6,8-10,13-14,22H,4-5,7,11-12H2,1-3H3. The Morgan fingerprint density at radius 1 is 1.07 bits per heavy atom. The SMILES string of the molecule is CCCCN1C(=O)CCc2cc(NS(=O)(=O)c3ccc(C)cc3C)ccc21. The molecule has 0 fully saturated rings. The molecule has 144 valence electrons. The molecule has 1 aliphatic heterocycles. The molecule has 2 aromatic carbocycles. The maximum absolute atomic E-state index is 12.8. The highest BCUT2D eigenvalue weighted by Crippen LogP contribution is 2.31. The van der Waals surface area contributed by atoms with Gasteiger partial charge in [0.1, 0.15) is 0 Å². The summed E-state index contributed by atoms with van der Waals surface area (Å²) in [5.74, 6) is 0.138. The van der Waals surface area contributed by atoms with Crippen LogP contribution in [0.2, 0.25) is 0 Å². The lowest BCUT2D eigenvalue weighted by Crippen LogP contribution is -2.35. The molecule has 27 heavy (non-hydrogen) atoms. The van der Waals surface area contributed by atoms with Crippen molar-refractivity contribution in [2.45, 2.75) is 51.3 Å². The number of benzene rings is 2. The van der Waals surface area contributed by atoms with E-state index in [9.17, 15) is 13.2 Å². The van der Waals surface area contributed by atoms with Gasteiger partial charge >= 0.3 is 0 Å². The fourth-order valence-electron chi connectivity index (χ4n) is 3.50. The van der Waals surface area contributed by atoms with Gasteiger partial charge < -0.3 is 4.90 Å². The number of carbonyl (C=O) groups is 1. The lowest BCUT2D eigenvalue weighted by Gasteiger charge is -2.30. The van der Waals surface area contributed by atoms with E-state index >= 15 is 0 Å². The number of hydrogen-bond acceptors (Lipinski definition) is 3. The number of carbonyl (C=O) groups excluding carboxylic acids is 1. The van der Waals surface area contributed by atoms with Gasteiger partial charge in [0.2, 0.25) is 5.91 Å². The van der Waals surface area contributed by atoms with Gasteiger partial charge in [0.05, 0.1) is 4.90 Å². The van der Waals surface area contributed by atoms with Crippen LogP contribution in [0.15, 0.2) is 41.3 Å². The smallest absolute Gasteiger partial charge is 0.262 e. The Morgan fingerprint density at radius 2 is 1.85 bits per heavy atom. The minimum atomic E-state index is -3.66. The Morgan fingerprint density at radius 3 is 2.56 bits per heavy atom. The summed E-state index contributed by atoms with van der Waals surface area (Å²) in [5.41, 5.74) is 4.17. The molecule has 0 saturated heterocycles. The molecular weight excluding hydrogens is 360 g/mol. The maximum atomic E-state index is 12.8. The number of unbranched alkanes of at least 4 members (excludes halogenated alkanes) is 1. The first-order valence-corrected chi connectivity index (χ1v) is 10.8. The summed E-state index contributed by atoms with van der Waals surface area (Å²) in [7, 11) is -3.66. The van der Waals surface area contributed by atoms with Gasteiger partial charge in [0, 0.05) is 24.3 Å². The second-order valence-electron chi connectivity index (χ2n) is 7.12. The van der Waals surface area contributed by atoms with Crippen molar-refractivity contribution >= 4 is 27.3 Å². The van der Waals surface area contributed by atoms with Crippen LogP contribution in [0.4, 0.5) is 11.4 Å². The fourth-order valence-corrected chi connectivity index (χ4v) is 4.77.